The van der Waals surface area contributed by atoms with Gasteiger partial charge in [0.1, 0.15) is 12.6 Å². The van der Waals surface area contributed by atoms with E-state index in [1.165, 1.54) is 0 Å². The summed E-state index contributed by atoms with van der Waals surface area (Å²) in [7, 11) is 0. The highest BCUT2D eigenvalue weighted by atomic mass is 16.5. The second-order valence-corrected chi connectivity index (χ2v) is 3.62. The Balaban J connectivity index is 3.71. The number of ether oxygens (including phenoxy) is 1. The van der Waals surface area contributed by atoms with E-state index in [9.17, 15) is 4.79 Å². The monoisotopic (exact) mass is 228 g/mol. The summed E-state index contributed by atoms with van der Waals surface area (Å²) in [6.45, 7) is 6.06. The van der Waals surface area contributed by atoms with Crippen molar-refractivity contribution in [1.82, 2.24) is 0 Å². The zero-order valence-electron chi connectivity index (χ0n) is 9.61. The van der Waals surface area contributed by atoms with Crippen LogP contribution in [0.3, 0.4) is 0 Å². The van der Waals surface area contributed by atoms with Crippen molar-refractivity contribution in [2.45, 2.75) is 25.8 Å². The molecule has 6 heteroatoms. The van der Waals surface area contributed by atoms with Crippen molar-refractivity contribution < 1.29 is 9.53 Å². The van der Waals surface area contributed by atoms with Gasteiger partial charge in [-0.25, -0.2) is 0 Å². The van der Waals surface area contributed by atoms with Crippen LogP contribution in [0.2, 0.25) is 0 Å². The van der Waals surface area contributed by atoms with Crippen molar-refractivity contribution in [2.75, 3.05) is 13.2 Å². The van der Waals surface area contributed by atoms with Gasteiger partial charge in [0.2, 0.25) is 0 Å². The van der Waals surface area contributed by atoms with Gasteiger partial charge in [0.05, 0.1) is 0 Å². The molecule has 0 aliphatic carbocycles. The summed E-state index contributed by atoms with van der Waals surface area (Å²) in [5.74, 6) is -0.383. The van der Waals surface area contributed by atoms with Crippen LogP contribution in [0, 0.1) is 0 Å². The molecule has 0 aliphatic rings. The van der Waals surface area contributed by atoms with Gasteiger partial charge in [0.15, 0.2) is 5.96 Å². The van der Waals surface area contributed by atoms with Crippen LogP contribution in [-0.4, -0.2) is 31.1 Å². The standard InChI is InChI=1S/C10H20N4O2/c1-7(2)6-16-9(15)8(11)4-3-5-14-10(12)13/h8H,1,3-6,11H2,2H3,(H4,12,13,14)/t8-/m0/s1. The normalized spacial score (nSPS) is 11.6. The quantitative estimate of drug-likeness (QED) is 0.178. The summed E-state index contributed by atoms with van der Waals surface area (Å²) >= 11 is 0. The van der Waals surface area contributed by atoms with Crippen LogP contribution in [0.5, 0.6) is 0 Å². The van der Waals surface area contributed by atoms with Gasteiger partial charge in [-0.3, -0.25) is 9.79 Å². The molecule has 0 radical (unpaired) electrons. The predicted molar refractivity (Wildman–Crippen MR) is 63.7 cm³/mol. The summed E-state index contributed by atoms with van der Waals surface area (Å²) < 4.78 is 4.89. The molecule has 0 aromatic rings. The highest BCUT2D eigenvalue weighted by molar-refractivity contribution is 5.76. The molecule has 0 amide bonds. The van der Waals surface area contributed by atoms with E-state index < -0.39 is 12.0 Å². The van der Waals surface area contributed by atoms with Crippen LogP contribution in [0.25, 0.3) is 0 Å². The van der Waals surface area contributed by atoms with Crippen molar-refractivity contribution >= 4 is 11.9 Å². The second kappa shape index (κ2) is 7.70. The Morgan fingerprint density at radius 2 is 2.12 bits per heavy atom. The summed E-state index contributed by atoms with van der Waals surface area (Å²) in [5, 5.41) is 0. The summed E-state index contributed by atoms with van der Waals surface area (Å²) in [6, 6.07) is -0.631. The van der Waals surface area contributed by atoms with Gasteiger partial charge >= 0.3 is 5.97 Å². The van der Waals surface area contributed by atoms with Crippen molar-refractivity contribution in [3.63, 3.8) is 0 Å². The number of rotatable bonds is 7. The first kappa shape index (κ1) is 14.4. The van der Waals surface area contributed by atoms with Gasteiger partial charge in [-0.05, 0) is 25.3 Å². The van der Waals surface area contributed by atoms with E-state index >= 15 is 0 Å². The van der Waals surface area contributed by atoms with Gasteiger partial charge in [-0.15, -0.1) is 0 Å². The number of esters is 1. The number of guanidine groups is 1. The maximum atomic E-state index is 11.3. The average molecular weight is 228 g/mol. The van der Waals surface area contributed by atoms with Crippen LogP contribution >= 0.6 is 0 Å². The van der Waals surface area contributed by atoms with E-state index in [1.54, 1.807) is 6.92 Å². The van der Waals surface area contributed by atoms with Crippen LogP contribution < -0.4 is 17.2 Å². The highest BCUT2D eigenvalue weighted by Crippen LogP contribution is 1.99. The third-order valence-corrected chi connectivity index (χ3v) is 1.73. The number of carbonyl (C=O) groups excluding carboxylic acids is 1. The molecule has 0 rings (SSSR count). The fraction of sp³-hybridized carbons (Fsp3) is 0.600. The summed E-state index contributed by atoms with van der Waals surface area (Å²) in [6.07, 6.45) is 1.13. The van der Waals surface area contributed by atoms with Crippen molar-refractivity contribution in [2.24, 2.45) is 22.2 Å². The molecule has 16 heavy (non-hydrogen) atoms. The molecule has 0 bridgehead atoms. The lowest BCUT2D eigenvalue weighted by Crippen LogP contribution is -2.32. The van der Waals surface area contributed by atoms with Gasteiger partial charge in [-0.2, -0.15) is 0 Å². The van der Waals surface area contributed by atoms with Crippen molar-refractivity contribution in [3.05, 3.63) is 12.2 Å². The topological polar surface area (TPSA) is 117 Å². The van der Waals surface area contributed by atoms with E-state index in [1.807, 2.05) is 0 Å². The number of carbonyl (C=O) groups is 1. The van der Waals surface area contributed by atoms with Gasteiger partial charge < -0.3 is 21.9 Å². The first-order chi connectivity index (χ1) is 7.43. The lowest BCUT2D eigenvalue weighted by atomic mass is 10.2. The van der Waals surface area contributed by atoms with Gasteiger partial charge in [0, 0.05) is 6.54 Å². The molecule has 0 saturated heterocycles. The molecule has 0 saturated carbocycles. The molecular weight excluding hydrogens is 208 g/mol. The number of hydrogen-bond donors (Lipinski definition) is 3. The van der Waals surface area contributed by atoms with E-state index in [-0.39, 0.29) is 12.6 Å². The molecule has 0 aliphatic heterocycles. The lowest BCUT2D eigenvalue weighted by Gasteiger charge is -2.10. The lowest BCUT2D eigenvalue weighted by molar-refractivity contribution is -0.144. The largest absolute Gasteiger partial charge is 0.460 e. The third kappa shape index (κ3) is 7.81. The number of nitrogens with zero attached hydrogens (tertiary/aromatic N) is 1. The Morgan fingerprint density at radius 1 is 1.50 bits per heavy atom. The molecule has 0 aromatic heterocycles. The van der Waals surface area contributed by atoms with E-state index in [0.29, 0.717) is 19.4 Å². The minimum Gasteiger partial charge on any atom is -0.460 e. The van der Waals surface area contributed by atoms with Crippen molar-refractivity contribution in [1.29, 1.82) is 0 Å². The SMILES string of the molecule is C=C(C)COC(=O)[C@@H](N)CCCN=C(N)N. The second-order valence-electron chi connectivity index (χ2n) is 3.62. The summed E-state index contributed by atoms with van der Waals surface area (Å²) in [4.78, 5) is 15.1. The van der Waals surface area contributed by atoms with Crippen LogP contribution in [-0.2, 0) is 9.53 Å². The van der Waals surface area contributed by atoms with Crippen LogP contribution in [0.4, 0.5) is 0 Å². The molecule has 92 valence electrons. The Kier molecular flexibility index (Phi) is 6.95. The van der Waals surface area contributed by atoms with Gasteiger partial charge in [-0.1, -0.05) is 6.58 Å². The first-order valence-corrected chi connectivity index (χ1v) is 5.05. The fourth-order valence-electron chi connectivity index (χ4n) is 0.939. The number of aliphatic imine (C=N–C) groups is 1. The zero-order valence-corrected chi connectivity index (χ0v) is 9.61. The van der Waals surface area contributed by atoms with E-state index in [0.717, 1.165) is 5.57 Å². The first-order valence-electron chi connectivity index (χ1n) is 5.05. The minimum atomic E-state index is -0.631. The summed E-state index contributed by atoms with van der Waals surface area (Å²) in [5.41, 5.74) is 16.7. The molecule has 0 spiro atoms. The Labute approximate surface area is 95.5 Å². The zero-order chi connectivity index (χ0) is 12.6. The smallest absolute Gasteiger partial charge is 0.323 e. The Hall–Kier alpha value is -1.56. The molecule has 0 aromatic carbocycles. The molecule has 1 atom stereocenters. The Bertz CT molecular complexity index is 272. The fourth-order valence-corrected chi connectivity index (χ4v) is 0.939. The maximum absolute atomic E-state index is 11.3. The molecule has 0 heterocycles. The maximum Gasteiger partial charge on any atom is 0.323 e. The number of hydrogen-bond acceptors (Lipinski definition) is 4. The van der Waals surface area contributed by atoms with Gasteiger partial charge in [0.25, 0.3) is 0 Å². The average Bonchev–Trinajstić information content (AvgIpc) is 2.20. The molecule has 0 unspecified atom stereocenters. The third-order valence-electron chi connectivity index (χ3n) is 1.73. The minimum absolute atomic E-state index is 0.0402. The van der Waals surface area contributed by atoms with E-state index in [4.69, 9.17) is 21.9 Å². The predicted octanol–water partition coefficient (Wildman–Crippen LogP) is -0.513. The number of nitrogens with two attached hydrogens (primary N) is 3. The molecule has 6 N–H and O–H groups in total. The van der Waals surface area contributed by atoms with Crippen LogP contribution in [0.1, 0.15) is 19.8 Å². The van der Waals surface area contributed by atoms with Crippen molar-refractivity contribution in [3.8, 4) is 0 Å². The van der Waals surface area contributed by atoms with Crippen LogP contribution in [0.15, 0.2) is 17.1 Å². The molecular formula is C10H20N4O2. The Morgan fingerprint density at radius 3 is 2.62 bits per heavy atom. The highest BCUT2D eigenvalue weighted by Gasteiger charge is 2.14. The molecule has 6 nitrogen and oxygen atoms in total. The van der Waals surface area contributed by atoms with E-state index in [2.05, 4.69) is 11.6 Å². The molecule has 0 fully saturated rings.